The molecule has 0 aliphatic carbocycles. The van der Waals surface area contributed by atoms with Crippen molar-refractivity contribution in [1.82, 2.24) is 0 Å². The molecule has 0 aliphatic heterocycles. The smallest absolute Gasteiger partial charge is 0.124 e. The lowest BCUT2D eigenvalue weighted by Crippen LogP contribution is -1.98. The molecule has 0 radical (unpaired) electrons. The lowest BCUT2D eigenvalue weighted by molar-refractivity contribution is 0.182. The Kier molecular flexibility index (Phi) is 5.58. The maximum Gasteiger partial charge on any atom is 0.124 e. The largest absolute Gasteiger partial charge is 0.507 e. The summed E-state index contributed by atoms with van der Waals surface area (Å²) >= 11 is 0. The van der Waals surface area contributed by atoms with Gasteiger partial charge in [-0.1, -0.05) is 41.5 Å². The van der Waals surface area contributed by atoms with Gasteiger partial charge >= 0.3 is 0 Å². The van der Waals surface area contributed by atoms with Gasteiger partial charge in [-0.15, -0.1) is 0 Å². The van der Waals surface area contributed by atoms with Crippen molar-refractivity contribution in [2.45, 2.75) is 33.5 Å². The number of methoxy groups -OCH3 is 2. The van der Waals surface area contributed by atoms with Crippen molar-refractivity contribution in [2.24, 2.45) is 0 Å². The Balaban J connectivity index is 2.34. The third kappa shape index (κ3) is 4.09. The van der Waals surface area contributed by atoms with Crippen LogP contribution in [0, 0.1) is 13.8 Å². The third-order valence-corrected chi connectivity index (χ3v) is 3.61. The van der Waals surface area contributed by atoms with Crippen molar-refractivity contribution in [3.05, 3.63) is 63.7 Å². The first-order chi connectivity index (χ1) is 10.5. The Hall–Kier alpha value is -1.84. The summed E-state index contributed by atoms with van der Waals surface area (Å²) in [6.45, 7) is 5.14. The van der Waals surface area contributed by atoms with Crippen molar-refractivity contribution in [3.63, 3.8) is 0 Å². The van der Waals surface area contributed by atoms with E-state index in [4.69, 9.17) is 9.47 Å². The quantitative estimate of drug-likeness (QED) is 0.879. The molecular weight excluding hydrogens is 276 g/mol. The van der Waals surface area contributed by atoms with Crippen molar-refractivity contribution < 1.29 is 14.6 Å². The molecule has 0 aliphatic rings. The number of benzene rings is 2. The fraction of sp³-hybridized carbons (Fsp3) is 0.368. The van der Waals surface area contributed by atoms with Gasteiger partial charge in [0, 0.05) is 26.2 Å². The second kappa shape index (κ2) is 7.43. The molecular formula is C19H24O3. The van der Waals surface area contributed by atoms with Crippen LogP contribution in [-0.2, 0) is 29.1 Å². The zero-order valence-electron chi connectivity index (χ0n) is 13.8. The third-order valence-electron chi connectivity index (χ3n) is 3.61. The summed E-state index contributed by atoms with van der Waals surface area (Å²) in [5.74, 6) is 0.335. The highest BCUT2D eigenvalue weighted by atomic mass is 16.5. The van der Waals surface area contributed by atoms with Gasteiger partial charge in [-0.2, -0.15) is 0 Å². The van der Waals surface area contributed by atoms with Crippen LogP contribution in [0.25, 0.3) is 0 Å². The number of aryl methyl sites for hydroxylation is 2. The number of rotatable bonds is 6. The predicted octanol–water partition coefficient (Wildman–Crippen LogP) is 3.89. The maximum absolute atomic E-state index is 10.4. The molecule has 0 aromatic heterocycles. The number of phenolic OH excluding ortho intramolecular Hbond substituents is 1. The number of hydrogen-bond donors (Lipinski definition) is 1. The minimum absolute atomic E-state index is 0.335. The van der Waals surface area contributed by atoms with Gasteiger partial charge in [0.2, 0.25) is 0 Å². The SMILES string of the molecule is COCc1cc(C)cc(Cc2cc(C)cc(COC)c2O)c1. The van der Waals surface area contributed by atoms with E-state index in [0.29, 0.717) is 25.4 Å². The van der Waals surface area contributed by atoms with Crippen molar-refractivity contribution in [2.75, 3.05) is 14.2 Å². The van der Waals surface area contributed by atoms with E-state index in [9.17, 15) is 5.11 Å². The predicted molar refractivity (Wildman–Crippen MR) is 88.3 cm³/mol. The average molecular weight is 300 g/mol. The summed E-state index contributed by atoms with van der Waals surface area (Å²) in [5, 5.41) is 10.4. The molecule has 0 heterocycles. The molecule has 1 N–H and O–H groups in total. The van der Waals surface area contributed by atoms with Crippen LogP contribution in [0.15, 0.2) is 30.3 Å². The van der Waals surface area contributed by atoms with Crippen LogP contribution in [0.1, 0.15) is 33.4 Å². The molecule has 0 bridgehead atoms. The molecule has 0 spiro atoms. The fourth-order valence-corrected chi connectivity index (χ4v) is 2.85. The fourth-order valence-electron chi connectivity index (χ4n) is 2.85. The summed E-state index contributed by atoms with van der Waals surface area (Å²) in [6.07, 6.45) is 0.697. The minimum atomic E-state index is 0.335. The van der Waals surface area contributed by atoms with Gasteiger partial charge < -0.3 is 14.6 Å². The molecule has 2 aromatic carbocycles. The topological polar surface area (TPSA) is 38.7 Å². The van der Waals surface area contributed by atoms with Gasteiger partial charge in [-0.3, -0.25) is 0 Å². The van der Waals surface area contributed by atoms with Crippen LogP contribution >= 0.6 is 0 Å². The van der Waals surface area contributed by atoms with Crippen molar-refractivity contribution in [3.8, 4) is 5.75 Å². The van der Waals surface area contributed by atoms with E-state index < -0.39 is 0 Å². The molecule has 2 rings (SSSR count). The highest BCUT2D eigenvalue weighted by Crippen LogP contribution is 2.28. The van der Waals surface area contributed by atoms with Crippen LogP contribution < -0.4 is 0 Å². The summed E-state index contributed by atoms with van der Waals surface area (Å²) in [5.41, 5.74) is 6.43. The molecule has 0 fully saturated rings. The van der Waals surface area contributed by atoms with Crippen LogP contribution in [0.4, 0.5) is 0 Å². The molecule has 0 amide bonds. The first-order valence-corrected chi connectivity index (χ1v) is 7.42. The molecule has 3 nitrogen and oxygen atoms in total. The average Bonchev–Trinajstić information content (AvgIpc) is 2.44. The lowest BCUT2D eigenvalue weighted by atomic mass is 9.97. The second-order valence-electron chi connectivity index (χ2n) is 5.80. The van der Waals surface area contributed by atoms with Crippen LogP contribution in [0.2, 0.25) is 0 Å². The number of phenols is 1. The highest BCUT2D eigenvalue weighted by Gasteiger charge is 2.10. The van der Waals surface area contributed by atoms with E-state index in [2.05, 4.69) is 25.1 Å². The van der Waals surface area contributed by atoms with Crippen LogP contribution in [-0.4, -0.2) is 19.3 Å². The highest BCUT2D eigenvalue weighted by molar-refractivity contribution is 5.46. The summed E-state index contributed by atoms with van der Waals surface area (Å²) in [7, 11) is 3.34. The number of ether oxygens (including phenoxy) is 2. The van der Waals surface area contributed by atoms with Crippen LogP contribution in [0.5, 0.6) is 5.75 Å². The molecule has 3 heteroatoms. The Morgan fingerprint density at radius 3 is 2.05 bits per heavy atom. The molecule has 2 aromatic rings. The van der Waals surface area contributed by atoms with Crippen molar-refractivity contribution in [1.29, 1.82) is 0 Å². The minimum Gasteiger partial charge on any atom is -0.507 e. The molecule has 0 saturated carbocycles. The molecule has 22 heavy (non-hydrogen) atoms. The van der Waals surface area contributed by atoms with Gasteiger partial charge in [0.1, 0.15) is 5.75 Å². The Labute approximate surface area is 132 Å². The zero-order chi connectivity index (χ0) is 16.1. The van der Waals surface area contributed by atoms with E-state index in [0.717, 1.165) is 22.3 Å². The number of aromatic hydroxyl groups is 1. The van der Waals surface area contributed by atoms with Gasteiger partial charge in [-0.05, 0) is 30.5 Å². The van der Waals surface area contributed by atoms with E-state index in [1.165, 1.54) is 11.1 Å². The molecule has 118 valence electrons. The van der Waals surface area contributed by atoms with E-state index >= 15 is 0 Å². The molecule has 0 atom stereocenters. The van der Waals surface area contributed by atoms with Gasteiger partial charge in [-0.25, -0.2) is 0 Å². The molecule has 0 unspecified atom stereocenters. The Morgan fingerprint density at radius 2 is 1.36 bits per heavy atom. The van der Waals surface area contributed by atoms with Crippen LogP contribution in [0.3, 0.4) is 0 Å². The van der Waals surface area contributed by atoms with Gasteiger partial charge in [0.15, 0.2) is 0 Å². The van der Waals surface area contributed by atoms with E-state index in [1.54, 1.807) is 14.2 Å². The Bertz CT molecular complexity index is 647. The zero-order valence-corrected chi connectivity index (χ0v) is 13.8. The summed E-state index contributed by atoms with van der Waals surface area (Å²) in [4.78, 5) is 0. The monoisotopic (exact) mass is 300 g/mol. The standard InChI is InChI=1S/C19H24O3/c1-13-5-15(9-16(6-13)11-21-3)10-17-7-14(2)8-18(12-22-4)19(17)20/h5-9,20H,10-12H2,1-4H3. The lowest BCUT2D eigenvalue weighted by Gasteiger charge is -2.13. The van der Waals surface area contributed by atoms with E-state index in [1.807, 2.05) is 19.1 Å². The van der Waals surface area contributed by atoms with E-state index in [-0.39, 0.29) is 0 Å². The normalized spacial score (nSPS) is 10.9. The Morgan fingerprint density at radius 1 is 0.773 bits per heavy atom. The van der Waals surface area contributed by atoms with Crippen molar-refractivity contribution >= 4 is 0 Å². The first-order valence-electron chi connectivity index (χ1n) is 7.42. The summed E-state index contributed by atoms with van der Waals surface area (Å²) in [6, 6.07) is 10.4. The number of hydrogen-bond acceptors (Lipinski definition) is 3. The van der Waals surface area contributed by atoms with Gasteiger partial charge in [0.05, 0.1) is 13.2 Å². The van der Waals surface area contributed by atoms with Gasteiger partial charge in [0.25, 0.3) is 0 Å². The first kappa shape index (κ1) is 16.5. The second-order valence-corrected chi connectivity index (χ2v) is 5.80. The summed E-state index contributed by atoms with van der Waals surface area (Å²) < 4.78 is 10.4. The molecule has 0 saturated heterocycles. The maximum atomic E-state index is 10.4.